The number of hydrogen-bond acceptors (Lipinski definition) is 4. The first-order valence-electron chi connectivity index (χ1n) is 4.88. The first kappa shape index (κ1) is 12.3. The highest BCUT2D eigenvalue weighted by atomic mass is 16.5. The third-order valence-electron chi connectivity index (χ3n) is 2.25. The topological polar surface area (TPSA) is 92.8 Å². The Balaban J connectivity index is 2.72. The standard InChI is InChI=1S/C11H15NO4/c1-16-10-4-2-7(6-9(10)14)8(13)3-5-11(12)15/h2,4,6,8,13-14H,3,5H2,1H3,(H2,12,15). The number of ether oxygens (including phenoxy) is 1. The van der Waals surface area contributed by atoms with Crippen molar-refractivity contribution in [1.82, 2.24) is 0 Å². The third-order valence-corrected chi connectivity index (χ3v) is 2.25. The van der Waals surface area contributed by atoms with E-state index in [-0.39, 0.29) is 18.6 Å². The van der Waals surface area contributed by atoms with Crippen molar-refractivity contribution >= 4 is 5.91 Å². The lowest BCUT2D eigenvalue weighted by Gasteiger charge is -2.11. The van der Waals surface area contributed by atoms with E-state index in [4.69, 9.17) is 10.5 Å². The molecule has 0 bridgehead atoms. The molecular weight excluding hydrogens is 210 g/mol. The smallest absolute Gasteiger partial charge is 0.217 e. The number of aliphatic hydroxyl groups excluding tert-OH is 1. The molecular formula is C11H15NO4. The van der Waals surface area contributed by atoms with Crippen LogP contribution in [0, 0.1) is 0 Å². The monoisotopic (exact) mass is 225 g/mol. The zero-order chi connectivity index (χ0) is 12.1. The van der Waals surface area contributed by atoms with Crippen LogP contribution in [-0.2, 0) is 4.79 Å². The van der Waals surface area contributed by atoms with Crippen LogP contribution in [0.2, 0.25) is 0 Å². The summed E-state index contributed by atoms with van der Waals surface area (Å²) in [5.74, 6) is -0.166. The maximum atomic E-state index is 10.5. The van der Waals surface area contributed by atoms with Gasteiger partial charge in [0.05, 0.1) is 13.2 Å². The molecule has 16 heavy (non-hydrogen) atoms. The molecule has 0 heterocycles. The molecule has 1 aromatic rings. The fourth-order valence-corrected chi connectivity index (χ4v) is 1.36. The maximum absolute atomic E-state index is 10.5. The summed E-state index contributed by atoms with van der Waals surface area (Å²) in [4.78, 5) is 10.5. The number of carbonyl (C=O) groups excluding carboxylic acids is 1. The lowest BCUT2D eigenvalue weighted by Crippen LogP contribution is -2.12. The van der Waals surface area contributed by atoms with E-state index in [1.165, 1.54) is 13.2 Å². The van der Waals surface area contributed by atoms with Gasteiger partial charge in [0.15, 0.2) is 11.5 Å². The maximum Gasteiger partial charge on any atom is 0.217 e. The summed E-state index contributed by atoms with van der Waals surface area (Å²) in [6.07, 6.45) is -0.473. The van der Waals surface area contributed by atoms with E-state index < -0.39 is 12.0 Å². The summed E-state index contributed by atoms with van der Waals surface area (Å²) in [7, 11) is 1.44. The number of amides is 1. The van der Waals surface area contributed by atoms with Gasteiger partial charge in [-0.05, 0) is 24.1 Å². The molecule has 0 fully saturated rings. The van der Waals surface area contributed by atoms with E-state index >= 15 is 0 Å². The molecule has 1 unspecified atom stereocenters. The van der Waals surface area contributed by atoms with Gasteiger partial charge in [0, 0.05) is 6.42 Å². The van der Waals surface area contributed by atoms with E-state index in [2.05, 4.69) is 0 Å². The van der Waals surface area contributed by atoms with Gasteiger partial charge < -0.3 is 20.7 Å². The van der Waals surface area contributed by atoms with Crippen LogP contribution in [0.1, 0.15) is 24.5 Å². The molecule has 1 rings (SSSR count). The van der Waals surface area contributed by atoms with Crippen molar-refractivity contribution in [1.29, 1.82) is 0 Å². The van der Waals surface area contributed by atoms with Gasteiger partial charge >= 0.3 is 0 Å². The molecule has 0 aliphatic heterocycles. The first-order valence-corrected chi connectivity index (χ1v) is 4.88. The molecule has 1 aromatic carbocycles. The minimum atomic E-state index is -0.815. The lowest BCUT2D eigenvalue weighted by atomic mass is 10.0. The summed E-state index contributed by atoms with van der Waals surface area (Å²) in [6, 6.07) is 4.59. The van der Waals surface area contributed by atoms with Crippen molar-refractivity contribution in [3.8, 4) is 11.5 Å². The molecule has 88 valence electrons. The highest BCUT2D eigenvalue weighted by Crippen LogP contribution is 2.30. The summed E-state index contributed by atoms with van der Waals surface area (Å²) in [5, 5.41) is 19.2. The molecule has 5 heteroatoms. The van der Waals surface area contributed by atoms with Crippen LogP contribution in [0.4, 0.5) is 0 Å². The van der Waals surface area contributed by atoms with Crippen molar-refractivity contribution in [2.45, 2.75) is 18.9 Å². The SMILES string of the molecule is COc1ccc(C(O)CCC(N)=O)cc1O. The Bertz CT molecular complexity index is 378. The second-order valence-electron chi connectivity index (χ2n) is 3.45. The van der Waals surface area contributed by atoms with Crippen molar-refractivity contribution in [3.05, 3.63) is 23.8 Å². The molecule has 0 spiro atoms. The molecule has 1 atom stereocenters. The largest absolute Gasteiger partial charge is 0.504 e. The second kappa shape index (κ2) is 5.37. The van der Waals surface area contributed by atoms with Crippen LogP contribution in [0.25, 0.3) is 0 Å². The molecule has 0 radical (unpaired) electrons. The average molecular weight is 225 g/mol. The predicted molar refractivity (Wildman–Crippen MR) is 58.0 cm³/mol. The Morgan fingerprint density at radius 2 is 2.25 bits per heavy atom. The molecule has 1 amide bonds. The molecule has 5 nitrogen and oxygen atoms in total. The fraction of sp³-hybridized carbons (Fsp3) is 0.364. The van der Waals surface area contributed by atoms with Gasteiger partial charge in [0.2, 0.25) is 5.91 Å². The number of primary amides is 1. The summed E-state index contributed by atoms with van der Waals surface area (Å²) in [6.45, 7) is 0. The van der Waals surface area contributed by atoms with Crippen LogP contribution in [0.15, 0.2) is 18.2 Å². The molecule has 4 N–H and O–H groups in total. The zero-order valence-corrected chi connectivity index (χ0v) is 9.01. The number of rotatable bonds is 5. The Kier molecular flexibility index (Phi) is 4.13. The van der Waals surface area contributed by atoms with E-state index in [1.54, 1.807) is 12.1 Å². The third kappa shape index (κ3) is 3.13. The van der Waals surface area contributed by atoms with Gasteiger partial charge in [-0.25, -0.2) is 0 Å². The lowest BCUT2D eigenvalue weighted by molar-refractivity contribution is -0.118. The quantitative estimate of drug-likeness (QED) is 0.687. The van der Waals surface area contributed by atoms with E-state index in [0.29, 0.717) is 11.3 Å². The average Bonchev–Trinajstić information content (AvgIpc) is 2.25. The predicted octanol–water partition coefficient (Wildman–Crippen LogP) is 0.700. The number of carbonyl (C=O) groups is 1. The highest BCUT2D eigenvalue weighted by Gasteiger charge is 2.11. The van der Waals surface area contributed by atoms with E-state index in [0.717, 1.165) is 0 Å². The summed E-state index contributed by atoms with van der Waals surface area (Å²) < 4.78 is 4.87. The number of aromatic hydroxyl groups is 1. The summed E-state index contributed by atoms with van der Waals surface area (Å²) >= 11 is 0. The van der Waals surface area contributed by atoms with Crippen LogP contribution < -0.4 is 10.5 Å². The van der Waals surface area contributed by atoms with Crippen LogP contribution in [-0.4, -0.2) is 23.2 Å². The van der Waals surface area contributed by atoms with Crippen LogP contribution >= 0.6 is 0 Å². The minimum Gasteiger partial charge on any atom is -0.504 e. The van der Waals surface area contributed by atoms with Crippen molar-refractivity contribution in [2.75, 3.05) is 7.11 Å². The zero-order valence-electron chi connectivity index (χ0n) is 9.01. The Hall–Kier alpha value is -1.75. The minimum absolute atomic E-state index is 0.0434. The van der Waals surface area contributed by atoms with Gasteiger partial charge in [-0.2, -0.15) is 0 Å². The van der Waals surface area contributed by atoms with Gasteiger partial charge in [0.25, 0.3) is 0 Å². The Morgan fingerprint density at radius 3 is 2.75 bits per heavy atom. The number of methoxy groups -OCH3 is 1. The van der Waals surface area contributed by atoms with E-state index in [1.807, 2.05) is 0 Å². The van der Waals surface area contributed by atoms with Gasteiger partial charge in [0.1, 0.15) is 0 Å². The van der Waals surface area contributed by atoms with Crippen molar-refractivity contribution < 1.29 is 19.7 Å². The van der Waals surface area contributed by atoms with E-state index in [9.17, 15) is 15.0 Å². The number of aliphatic hydroxyl groups is 1. The fourth-order valence-electron chi connectivity index (χ4n) is 1.36. The normalized spacial score (nSPS) is 12.1. The number of phenolic OH excluding ortho intramolecular Hbond substituents is 1. The first-order chi connectivity index (χ1) is 7.54. The van der Waals surface area contributed by atoms with Crippen LogP contribution in [0.5, 0.6) is 11.5 Å². The van der Waals surface area contributed by atoms with Crippen molar-refractivity contribution in [3.63, 3.8) is 0 Å². The van der Waals surface area contributed by atoms with Gasteiger partial charge in [-0.1, -0.05) is 6.07 Å². The van der Waals surface area contributed by atoms with Gasteiger partial charge in [-0.3, -0.25) is 4.79 Å². The molecule has 0 aliphatic rings. The number of phenols is 1. The van der Waals surface area contributed by atoms with Gasteiger partial charge in [-0.15, -0.1) is 0 Å². The van der Waals surface area contributed by atoms with Crippen LogP contribution in [0.3, 0.4) is 0 Å². The molecule has 0 saturated heterocycles. The second-order valence-corrected chi connectivity index (χ2v) is 3.45. The Labute approximate surface area is 93.5 Å². The highest BCUT2D eigenvalue weighted by molar-refractivity contribution is 5.73. The number of hydrogen-bond donors (Lipinski definition) is 3. The number of benzene rings is 1. The molecule has 0 saturated carbocycles. The number of nitrogens with two attached hydrogens (primary N) is 1. The van der Waals surface area contributed by atoms with Crippen molar-refractivity contribution in [2.24, 2.45) is 5.73 Å². The summed E-state index contributed by atoms with van der Waals surface area (Å²) in [5.41, 5.74) is 5.50. The molecule has 0 aromatic heterocycles. The molecule has 0 aliphatic carbocycles. The Morgan fingerprint density at radius 1 is 1.56 bits per heavy atom.